The molecule has 0 radical (unpaired) electrons. The standard InChI is InChI=1S/C16H20ClNOS/c1-3-10-19-14-6-4-13(5-7-14)11-18-12(2)15-8-9-16(17)20-15/h4-9,12,18H,3,10-11H2,1-2H3. The van der Waals surface area contributed by atoms with Crippen LogP contribution in [0.5, 0.6) is 5.75 Å². The van der Waals surface area contributed by atoms with E-state index in [-0.39, 0.29) is 0 Å². The van der Waals surface area contributed by atoms with Gasteiger partial charge in [-0.3, -0.25) is 0 Å². The Bertz CT molecular complexity index is 524. The summed E-state index contributed by atoms with van der Waals surface area (Å²) in [6.07, 6.45) is 1.03. The molecule has 2 rings (SSSR count). The molecule has 4 heteroatoms. The van der Waals surface area contributed by atoms with Crippen molar-refractivity contribution >= 4 is 22.9 Å². The minimum absolute atomic E-state index is 0.309. The lowest BCUT2D eigenvalue weighted by atomic mass is 10.2. The molecule has 0 aliphatic rings. The predicted molar refractivity (Wildman–Crippen MR) is 86.8 cm³/mol. The highest BCUT2D eigenvalue weighted by molar-refractivity contribution is 7.16. The highest BCUT2D eigenvalue weighted by atomic mass is 35.5. The maximum absolute atomic E-state index is 5.96. The second-order valence-corrected chi connectivity index (χ2v) is 6.48. The number of thiophene rings is 1. The van der Waals surface area contributed by atoms with Crippen LogP contribution >= 0.6 is 22.9 Å². The Morgan fingerprint density at radius 3 is 2.55 bits per heavy atom. The van der Waals surface area contributed by atoms with Gasteiger partial charge in [-0.15, -0.1) is 11.3 Å². The quantitative estimate of drug-likeness (QED) is 0.773. The van der Waals surface area contributed by atoms with E-state index in [1.165, 1.54) is 10.4 Å². The number of halogens is 1. The number of nitrogens with one attached hydrogen (secondary N) is 1. The van der Waals surface area contributed by atoms with Gasteiger partial charge in [0.2, 0.25) is 0 Å². The number of hydrogen-bond donors (Lipinski definition) is 1. The molecular weight excluding hydrogens is 290 g/mol. The molecule has 0 bridgehead atoms. The summed E-state index contributed by atoms with van der Waals surface area (Å²) in [5.41, 5.74) is 1.25. The summed E-state index contributed by atoms with van der Waals surface area (Å²) in [6.45, 7) is 5.87. The summed E-state index contributed by atoms with van der Waals surface area (Å²) >= 11 is 7.58. The van der Waals surface area contributed by atoms with Gasteiger partial charge in [0.25, 0.3) is 0 Å². The van der Waals surface area contributed by atoms with Gasteiger partial charge in [-0.1, -0.05) is 30.7 Å². The molecule has 2 nitrogen and oxygen atoms in total. The molecule has 0 amide bonds. The van der Waals surface area contributed by atoms with Gasteiger partial charge >= 0.3 is 0 Å². The van der Waals surface area contributed by atoms with E-state index in [1.54, 1.807) is 11.3 Å². The number of rotatable bonds is 7. The average Bonchev–Trinajstić information content (AvgIpc) is 2.90. The molecule has 1 heterocycles. The van der Waals surface area contributed by atoms with Gasteiger partial charge in [-0.25, -0.2) is 0 Å². The molecule has 1 aromatic heterocycles. The molecule has 20 heavy (non-hydrogen) atoms. The molecule has 108 valence electrons. The van der Waals surface area contributed by atoms with Crippen LogP contribution in [0.2, 0.25) is 4.34 Å². The van der Waals surface area contributed by atoms with E-state index >= 15 is 0 Å². The van der Waals surface area contributed by atoms with Crippen molar-refractivity contribution in [1.29, 1.82) is 0 Å². The van der Waals surface area contributed by atoms with E-state index in [9.17, 15) is 0 Å². The van der Waals surface area contributed by atoms with E-state index in [2.05, 4.69) is 37.4 Å². The summed E-state index contributed by atoms with van der Waals surface area (Å²) in [6, 6.07) is 12.6. The van der Waals surface area contributed by atoms with Crippen LogP contribution in [0, 0.1) is 0 Å². The molecule has 1 atom stereocenters. The SMILES string of the molecule is CCCOc1ccc(CNC(C)c2ccc(Cl)s2)cc1. The lowest BCUT2D eigenvalue weighted by Crippen LogP contribution is -2.17. The van der Waals surface area contributed by atoms with Crippen LogP contribution in [0.3, 0.4) is 0 Å². The van der Waals surface area contributed by atoms with Crippen LogP contribution in [0.4, 0.5) is 0 Å². The molecule has 0 saturated carbocycles. The fourth-order valence-electron chi connectivity index (χ4n) is 1.86. The molecule has 1 unspecified atom stereocenters. The predicted octanol–water partition coefficient (Wildman–Crippen LogP) is 5.04. The van der Waals surface area contributed by atoms with Gasteiger partial charge in [0.1, 0.15) is 5.75 Å². The molecule has 0 spiro atoms. The monoisotopic (exact) mass is 309 g/mol. The summed E-state index contributed by atoms with van der Waals surface area (Å²) in [5, 5.41) is 3.50. The van der Waals surface area contributed by atoms with E-state index in [4.69, 9.17) is 16.3 Å². The molecule has 1 aromatic carbocycles. The zero-order chi connectivity index (χ0) is 14.4. The molecule has 0 aliphatic heterocycles. The number of hydrogen-bond acceptors (Lipinski definition) is 3. The van der Waals surface area contributed by atoms with E-state index in [0.717, 1.165) is 29.7 Å². The highest BCUT2D eigenvalue weighted by Crippen LogP contribution is 2.26. The van der Waals surface area contributed by atoms with Crippen LogP contribution in [0.15, 0.2) is 36.4 Å². The first kappa shape index (κ1) is 15.4. The Morgan fingerprint density at radius 2 is 1.95 bits per heavy atom. The Hall–Kier alpha value is -1.03. The summed E-state index contributed by atoms with van der Waals surface area (Å²) < 4.78 is 6.41. The largest absolute Gasteiger partial charge is 0.494 e. The van der Waals surface area contributed by atoms with Crippen molar-refractivity contribution in [3.8, 4) is 5.75 Å². The first-order valence-corrected chi connectivity index (χ1v) is 8.09. The lowest BCUT2D eigenvalue weighted by Gasteiger charge is -2.12. The van der Waals surface area contributed by atoms with Crippen molar-refractivity contribution in [3.05, 3.63) is 51.2 Å². The van der Waals surface area contributed by atoms with E-state index < -0.39 is 0 Å². The number of benzene rings is 1. The zero-order valence-corrected chi connectivity index (χ0v) is 13.4. The van der Waals surface area contributed by atoms with Gasteiger partial charge in [0.15, 0.2) is 0 Å². The summed E-state index contributed by atoms with van der Waals surface area (Å²) in [7, 11) is 0. The van der Waals surface area contributed by atoms with E-state index in [1.807, 2.05) is 18.2 Å². The third-order valence-electron chi connectivity index (χ3n) is 3.03. The van der Waals surface area contributed by atoms with E-state index in [0.29, 0.717) is 6.04 Å². The molecule has 0 saturated heterocycles. The topological polar surface area (TPSA) is 21.3 Å². The fourth-order valence-corrected chi connectivity index (χ4v) is 2.94. The Labute approximate surface area is 129 Å². The van der Waals surface area contributed by atoms with Crippen molar-refractivity contribution in [1.82, 2.24) is 5.32 Å². The fraction of sp³-hybridized carbons (Fsp3) is 0.375. The summed E-state index contributed by atoms with van der Waals surface area (Å²) in [4.78, 5) is 1.26. The van der Waals surface area contributed by atoms with Gasteiger partial charge in [-0.05, 0) is 43.2 Å². The van der Waals surface area contributed by atoms with Gasteiger partial charge in [0.05, 0.1) is 10.9 Å². The summed E-state index contributed by atoms with van der Waals surface area (Å²) in [5.74, 6) is 0.939. The zero-order valence-electron chi connectivity index (χ0n) is 11.9. The van der Waals surface area contributed by atoms with Crippen molar-refractivity contribution in [2.45, 2.75) is 32.9 Å². The van der Waals surface area contributed by atoms with Crippen LogP contribution in [-0.4, -0.2) is 6.61 Å². The minimum Gasteiger partial charge on any atom is -0.494 e. The highest BCUT2D eigenvalue weighted by Gasteiger charge is 2.07. The lowest BCUT2D eigenvalue weighted by molar-refractivity contribution is 0.317. The minimum atomic E-state index is 0.309. The van der Waals surface area contributed by atoms with Crippen molar-refractivity contribution in [3.63, 3.8) is 0 Å². The molecular formula is C16H20ClNOS. The Balaban J connectivity index is 1.84. The van der Waals surface area contributed by atoms with Crippen molar-refractivity contribution in [2.24, 2.45) is 0 Å². The Kier molecular flexibility index (Phi) is 5.89. The molecule has 0 fully saturated rings. The van der Waals surface area contributed by atoms with Crippen LogP contribution in [0.1, 0.15) is 36.8 Å². The van der Waals surface area contributed by atoms with Gasteiger partial charge in [0, 0.05) is 17.5 Å². The number of ether oxygens (including phenoxy) is 1. The van der Waals surface area contributed by atoms with Crippen molar-refractivity contribution < 1.29 is 4.74 Å². The molecule has 2 aromatic rings. The van der Waals surface area contributed by atoms with Crippen LogP contribution in [0.25, 0.3) is 0 Å². The molecule has 1 N–H and O–H groups in total. The maximum atomic E-state index is 5.96. The van der Waals surface area contributed by atoms with Crippen LogP contribution < -0.4 is 10.1 Å². The third-order valence-corrected chi connectivity index (χ3v) is 4.44. The second-order valence-electron chi connectivity index (χ2n) is 4.74. The first-order valence-electron chi connectivity index (χ1n) is 6.89. The third kappa shape index (κ3) is 4.51. The Morgan fingerprint density at radius 1 is 1.20 bits per heavy atom. The van der Waals surface area contributed by atoms with Gasteiger partial charge in [-0.2, -0.15) is 0 Å². The van der Waals surface area contributed by atoms with Crippen molar-refractivity contribution in [2.75, 3.05) is 6.61 Å². The van der Waals surface area contributed by atoms with Crippen LogP contribution in [-0.2, 0) is 6.54 Å². The smallest absolute Gasteiger partial charge is 0.119 e. The first-order chi connectivity index (χ1) is 9.69. The average molecular weight is 310 g/mol. The maximum Gasteiger partial charge on any atom is 0.119 e. The normalized spacial score (nSPS) is 12.3. The second kappa shape index (κ2) is 7.67. The molecule has 0 aliphatic carbocycles. The van der Waals surface area contributed by atoms with Gasteiger partial charge < -0.3 is 10.1 Å².